The summed E-state index contributed by atoms with van der Waals surface area (Å²) < 4.78 is 0. The molecule has 0 saturated heterocycles. The summed E-state index contributed by atoms with van der Waals surface area (Å²) in [5.74, 6) is 0. The summed E-state index contributed by atoms with van der Waals surface area (Å²) in [7, 11) is 2.15. The van der Waals surface area contributed by atoms with E-state index in [0.717, 1.165) is 25.9 Å². The SMILES string of the molecule is Cc1cc(C(C)(C)C)ccc1CN(C)CCCCO. The van der Waals surface area contributed by atoms with Crippen molar-refractivity contribution in [3.8, 4) is 0 Å². The van der Waals surface area contributed by atoms with E-state index in [-0.39, 0.29) is 5.41 Å². The second-order valence-electron chi connectivity index (χ2n) is 6.56. The van der Waals surface area contributed by atoms with Crippen LogP contribution in [0.3, 0.4) is 0 Å². The minimum atomic E-state index is 0.219. The number of nitrogens with zero attached hydrogens (tertiary/aromatic N) is 1. The third-order valence-corrected chi connectivity index (χ3v) is 3.60. The van der Waals surface area contributed by atoms with Gasteiger partial charge < -0.3 is 10.0 Å². The number of hydrogen-bond donors (Lipinski definition) is 1. The highest BCUT2D eigenvalue weighted by atomic mass is 16.2. The molecule has 0 aliphatic rings. The van der Waals surface area contributed by atoms with E-state index in [2.05, 4.69) is 57.8 Å². The Morgan fingerprint density at radius 3 is 2.37 bits per heavy atom. The molecule has 2 nitrogen and oxygen atoms in total. The molecule has 0 amide bonds. The van der Waals surface area contributed by atoms with Gasteiger partial charge in [0.1, 0.15) is 0 Å². The monoisotopic (exact) mass is 263 g/mol. The molecule has 1 aromatic rings. The molecule has 0 aliphatic heterocycles. The molecule has 0 radical (unpaired) electrons. The Morgan fingerprint density at radius 2 is 1.84 bits per heavy atom. The second-order valence-corrected chi connectivity index (χ2v) is 6.56. The van der Waals surface area contributed by atoms with Crippen molar-refractivity contribution >= 4 is 0 Å². The molecular weight excluding hydrogens is 234 g/mol. The van der Waals surface area contributed by atoms with Crippen molar-refractivity contribution in [3.05, 3.63) is 34.9 Å². The third-order valence-electron chi connectivity index (χ3n) is 3.60. The van der Waals surface area contributed by atoms with E-state index in [0.29, 0.717) is 6.61 Å². The molecule has 0 bridgehead atoms. The van der Waals surface area contributed by atoms with E-state index >= 15 is 0 Å². The van der Waals surface area contributed by atoms with Gasteiger partial charge in [0.15, 0.2) is 0 Å². The van der Waals surface area contributed by atoms with Gasteiger partial charge in [0.2, 0.25) is 0 Å². The number of rotatable bonds is 6. The highest BCUT2D eigenvalue weighted by Gasteiger charge is 2.14. The molecule has 0 spiro atoms. The standard InChI is InChI=1S/C17H29NO/c1-14-12-16(17(2,3)4)9-8-15(14)13-18(5)10-6-7-11-19/h8-9,12,19H,6-7,10-11,13H2,1-5H3. The number of aliphatic hydroxyl groups excluding tert-OH is 1. The van der Waals surface area contributed by atoms with Gasteiger partial charge >= 0.3 is 0 Å². The molecular formula is C17H29NO. The quantitative estimate of drug-likeness (QED) is 0.794. The lowest BCUT2D eigenvalue weighted by Crippen LogP contribution is -2.20. The summed E-state index contributed by atoms with van der Waals surface area (Å²) in [4.78, 5) is 2.33. The largest absolute Gasteiger partial charge is 0.396 e. The molecule has 1 N–H and O–H groups in total. The Morgan fingerprint density at radius 1 is 1.16 bits per heavy atom. The molecule has 0 aromatic heterocycles. The Hall–Kier alpha value is -0.860. The summed E-state index contributed by atoms with van der Waals surface area (Å²) >= 11 is 0. The van der Waals surface area contributed by atoms with Crippen molar-refractivity contribution in [1.82, 2.24) is 4.90 Å². The predicted octanol–water partition coefficient (Wildman–Crippen LogP) is 3.50. The van der Waals surface area contributed by atoms with E-state index in [9.17, 15) is 0 Å². The van der Waals surface area contributed by atoms with Crippen molar-refractivity contribution in [2.24, 2.45) is 0 Å². The van der Waals surface area contributed by atoms with Gasteiger partial charge in [0.05, 0.1) is 0 Å². The van der Waals surface area contributed by atoms with E-state index < -0.39 is 0 Å². The molecule has 0 fully saturated rings. The minimum absolute atomic E-state index is 0.219. The van der Waals surface area contributed by atoms with E-state index in [1.807, 2.05) is 0 Å². The molecule has 1 rings (SSSR count). The molecule has 0 unspecified atom stereocenters. The van der Waals surface area contributed by atoms with Gasteiger partial charge in [-0.1, -0.05) is 39.0 Å². The maximum Gasteiger partial charge on any atom is 0.0431 e. The van der Waals surface area contributed by atoms with Crippen LogP contribution in [0.2, 0.25) is 0 Å². The molecule has 0 saturated carbocycles. The van der Waals surface area contributed by atoms with Crippen LogP contribution in [0.25, 0.3) is 0 Å². The summed E-state index contributed by atoms with van der Waals surface area (Å²) in [5.41, 5.74) is 4.40. The van der Waals surface area contributed by atoms with Crippen LogP contribution in [0.15, 0.2) is 18.2 Å². The Labute approximate surface area is 118 Å². The van der Waals surface area contributed by atoms with Crippen LogP contribution in [-0.4, -0.2) is 30.2 Å². The van der Waals surface area contributed by atoms with Gasteiger partial charge in [-0.05, 0) is 55.5 Å². The maximum absolute atomic E-state index is 8.80. The van der Waals surface area contributed by atoms with Gasteiger partial charge in [0, 0.05) is 13.2 Å². The van der Waals surface area contributed by atoms with E-state index in [1.54, 1.807) is 0 Å². The average molecular weight is 263 g/mol. The van der Waals surface area contributed by atoms with Crippen LogP contribution in [0.4, 0.5) is 0 Å². The minimum Gasteiger partial charge on any atom is -0.396 e. The highest BCUT2D eigenvalue weighted by molar-refractivity contribution is 5.34. The number of benzene rings is 1. The Bertz CT molecular complexity index is 393. The van der Waals surface area contributed by atoms with Crippen molar-refractivity contribution in [3.63, 3.8) is 0 Å². The summed E-state index contributed by atoms with van der Waals surface area (Å²) in [6, 6.07) is 6.83. The normalized spacial score (nSPS) is 12.2. The number of aliphatic hydroxyl groups is 1. The third kappa shape index (κ3) is 5.33. The Kier molecular flexibility index (Phi) is 6.02. The van der Waals surface area contributed by atoms with Crippen molar-refractivity contribution in [2.75, 3.05) is 20.2 Å². The molecule has 0 atom stereocenters. The van der Waals surface area contributed by atoms with Crippen LogP contribution in [0, 0.1) is 6.92 Å². The molecule has 19 heavy (non-hydrogen) atoms. The fraction of sp³-hybridized carbons (Fsp3) is 0.647. The summed E-state index contributed by atoms with van der Waals surface area (Å²) in [6.45, 7) is 11.3. The lowest BCUT2D eigenvalue weighted by Gasteiger charge is -2.22. The predicted molar refractivity (Wildman–Crippen MR) is 82.5 cm³/mol. The molecule has 108 valence electrons. The lowest BCUT2D eigenvalue weighted by molar-refractivity contribution is 0.261. The smallest absolute Gasteiger partial charge is 0.0431 e. The molecule has 1 aromatic carbocycles. The Balaban J connectivity index is 2.65. The fourth-order valence-electron chi connectivity index (χ4n) is 2.20. The lowest BCUT2D eigenvalue weighted by atomic mass is 9.85. The van der Waals surface area contributed by atoms with Crippen molar-refractivity contribution < 1.29 is 5.11 Å². The van der Waals surface area contributed by atoms with E-state index in [1.165, 1.54) is 16.7 Å². The van der Waals surface area contributed by atoms with Crippen LogP contribution in [0.5, 0.6) is 0 Å². The summed E-state index contributed by atoms with van der Waals surface area (Å²) in [6.07, 6.45) is 1.96. The van der Waals surface area contributed by atoms with Crippen LogP contribution in [0.1, 0.15) is 50.3 Å². The molecule has 0 heterocycles. The van der Waals surface area contributed by atoms with Gasteiger partial charge in [-0.15, -0.1) is 0 Å². The van der Waals surface area contributed by atoms with Crippen LogP contribution >= 0.6 is 0 Å². The number of unbranched alkanes of at least 4 members (excludes halogenated alkanes) is 1. The number of hydrogen-bond acceptors (Lipinski definition) is 2. The zero-order valence-electron chi connectivity index (χ0n) is 13.2. The first kappa shape index (κ1) is 16.2. The fourth-order valence-corrected chi connectivity index (χ4v) is 2.20. The average Bonchev–Trinajstić information content (AvgIpc) is 2.31. The van der Waals surface area contributed by atoms with Gasteiger partial charge in [0.25, 0.3) is 0 Å². The highest BCUT2D eigenvalue weighted by Crippen LogP contribution is 2.24. The second kappa shape index (κ2) is 7.06. The van der Waals surface area contributed by atoms with E-state index in [4.69, 9.17) is 5.11 Å². The number of aryl methyl sites for hydroxylation is 1. The van der Waals surface area contributed by atoms with Crippen LogP contribution < -0.4 is 0 Å². The maximum atomic E-state index is 8.80. The first-order valence-corrected chi connectivity index (χ1v) is 7.24. The van der Waals surface area contributed by atoms with Gasteiger partial charge in [-0.2, -0.15) is 0 Å². The van der Waals surface area contributed by atoms with Gasteiger partial charge in [-0.25, -0.2) is 0 Å². The topological polar surface area (TPSA) is 23.5 Å². The first-order chi connectivity index (χ1) is 8.84. The molecule has 2 heteroatoms. The van der Waals surface area contributed by atoms with Crippen molar-refractivity contribution in [2.45, 2.75) is 52.5 Å². The van der Waals surface area contributed by atoms with Gasteiger partial charge in [-0.3, -0.25) is 0 Å². The zero-order valence-corrected chi connectivity index (χ0v) is 13.2. The molecule has 0 aliphatic carbocycles. The van der Waals surface area contributed by atoms with Crippen LogP contribution in [-0.2, 0) is 12.0 Å². The summed E-state index contributed by atoms with van der Waals surface area (Å²) in [5, 5.41) is 8.80. The van der Waals surface area contributed by atoms with Crippen molar-refractivity contribution in [1.29, 1.82) is 0 Å². The first-order valence-electron chi connectivity index (χ1n) is 7.24. The zero-order chi connectivity index (χ0) is 14.5.